The number of thiazole rings is 1. The second kappa shape index (κ2) is 5.86. The third kappa shape index (κ3) is 2.91. The first-order valence-corrected chi connectivity index (χ1v) is 9.96. The highest BCUT2D eigenvalue weighted by Crippen LogP contribution is 2.31. The minimum atomic E-state index is -3.68. The van der Waals surface area contributed by atoms with Crippen molar-refractivity contribution < 1.29 is 8.42 Å². The van der Waals surface area contributed by atoms with Crippen molar-refractivity contribution in [2.45, 2.75) is 39.5 Å². The number of benzene rings is 2. The number of aryl methyl sites for hydroxylation is 3. The zero-order valence-corrected chi connectivity index (χ0v) is 16.0. The number of sulfonamides is 1. The number of hydrogen-bond donors (Lipinski definition) is 1. The lowest BCUT2D eigenvalue weighted by Crippen LogP contribution is -2.16. The largest absolute Gasteiger partial charge is 0.264 e. The zero-order valence-electron chi connectivity index (χ0n) is 14.4. The van der Waals surface area contributed by atoms with Crippen LogP contribution in [0.15, 0.2) is 29.2 Å². The van der Waals surface area contributed by atoms with Crippen LogP contribution in [0.2, 0.25) is 0 Å². The Hall–Kier alpha value is -1.92. The van der Waals surface area contributed by atoms with Gasteiger partial charge in [0.1, 0.15) is 0 Å². The molecule has 3 aromatic rings. The van der Waals surface area contributed by atoms with Gasteiger partial charge in [0, 0.05) is 0 Å². The van der Waals surface area contributed by atoms with Crippen LogP contribution in [-0.4, -0.2) is 13.4 Å². The van der Waals surface area contributed by atoms with E-state index in [4.69, 9.17) is 0 Å². The molecule has 0 aliphatic rings. The minimum Gasteiger partial charge on any atom is -0.255 e. The van der Waals surface area contributed by atoms with Crippen LogP contribution in [0.1, 0.15) is 27.8 Å². The molecule has 4 nitrogen and oxygen atoms in total. The molecule has 0 fully saturated rings. The molecule has 0 spiro atoms. The SMILES string of the molecule is Cc1ccc2nc(NS(=O)(=O)c3c(C)c(C)cc(C)c3C)sc2c1. The second-order valence-corrected chi connectivity index (χ2v) is 8.84. The summed E-state index contributed by atoms with van der Waals surface area (Å²) in [4.78, 5) is 4.75. The standard InChI is InChI=1S/C18H20N2O2S2/c1-10-6-7-15-16(8-10)23-18(19-15)20-24(21,22)17-13(4)11(2)9-12(3)14(17)5/h6-9H,1-5H3,(H,19,20). The fourth-order valence-corrected chi connectivity index (χ4v) is 5.64. The maximum Gasteiger partial charge on any atom is 0.264 e. The van der Waals surface area contributed by atoms with E-state index in [0.717, 1.165) is 38.0 Å². The molecule has 0 atom stereocenters. The van der Waals surface area contributed by atoms with Crippen molar-refractivity contribution in [3.05, 3.63) is 52.1 Å². The summed E-state index contributed by atoms with van der Waals surface area (Å²) in [5.74, 6) is 0. The first-order valence-electron chi connectivity index (χ1n) is 7.66. The second-order valence-electron chi connectivity index (χ2n) is 6.19. The molecule has 0 aliphatic heterocycles. The molecular formula is C18H20N2O2S2. The molecule has 24 heavy (non-hydrogen) atoms. The lowest BCUT2D eigenvalue weighted by Gasteiger charge is -2.15. The predicted octanol–water partition coefficient (Wildman–Crippen LogP) is 4.64. The number of aromatic nitrogens is 1. The van der Waals surface area contributed by atoms with Crippen molar-refractivity contribution >= 4 is 36.7 Å². The van der Waals surface area contributed by atoms with E-state index in [1.165, 1.54) is 11.3 Å². The molecule has 0 bridgehead atoms. The summed E-state index contributed by atoms with van der Waals surface area (Å²) in [5, 5.41) is 0.397. The molecule has 3 rings (SSSR count). The molecular weight excluding hydrogens is 340 g/mol. The quantitative estimate of drug-likeness (QED) is 0.740. The molecule has 0 unspecified atom stereocenters. The Kier molecular flexibility index (Phi) is 4.13. The van der Waals surface area contributed by atoms with E-state index in [2.05, 4.69) is 9.71 Å². The minimum absolute atomic E-state index is 0.357. The maximum absolute atomic E-state index is 12.9. The van der Waals surface area contributed by atoms with Crippen molar-refractivity contribution in [3.63, 3.8) is 0 Å². The fraction of sp³-hybridized carbons (Fsp3) is 0.278. The molecule has 0 radical (unpaired) electrons. The number of nitrogens with one attached hydrogen (secondary N) is 1. The van der Waals surface area contributed by atoms with Gasteiger partial charge in [-0.15, -0.1) is 0 Å². The Balaban J connectivity index is 2.08. The van der Waals surface area contributed by atoms with Crippen molar-refractivity contribution in [2.75, 3.05) is 4.72 Å². The highest BCUT2D eigenvalue weighted by atomic mass is 32.2. The average molecular weight is 361 g/mol. The third-order valence-corrected chi connectivity index (χ3v) is 7.01. The van der Waals surface area contributed by atoms with Crippen molar-refractivity contribution in [1.82, 2.24) is 4.98 Å². The third-order valence-electron chi connectivity index (χ3n) is 4.33. The van der Waals surface area contributed by atoms with Crippen molar-refractivity contribution in [3.8, 4) is 0 Å². The van der Waals surface area contributed by atoms with E-state index >= 15 is 0 Å². The van der Waals surface area contributed by atoms with E-state index in [-0.39, 0.29) is 0 Å². The molecule has 1 N–H and O–H groups in total. The Bertz CT molecular complexity index is 1020. The van der Waals surface area contributed by atoms with Crippen molar-refractivity contribution in [1.29, 1.82) is 0 Å². The number of rotatable bonds is 3. The molecule has 0 saturated heterocycles. The number of hydrogen-bond acceptors (Lipinski definition) is 4. The van der Waals surface area contributed by atoms with Gasteiger partial charge < -0.3 is 0 Å². The first kappa shape index (κ1) is 16.9. The number of anilines is 1. The summed E-state index contributed by atoms with van der Waals surface area (Å²) < 4.78 is 29.5. The van der Waals surface area contributed by atoms with Gasteiger partial charge in [-0.25, -0.2) is 13.4 Å². The van der Waals surface area contributed by atoms with E-state index in [1.807, 2.05) is 58.9 Å². The summed E-state index contributed by atoms with van der Waals surface area (Å²) in [5.41, 5.74) is 5.43. The molecule has 6 heteroatoms. The summed E-state index contributed by atoms with van der Waals surface area (Å²) in [6, 6.07) is 7.91. The predicted molar refractivity (Wildman–Crippen MR) is 101 cm³/mol. The Labute approximate surface area is 146 Å². The first-order chi connectivity index (χ1) is 11.2. The monoisotopic (exact) mass is 360 g/mol. The molecule has 126 valence electrons. The number of nitrogens with zero attached hydrogens (tertiary/aromatic N) is 1. The van der Waals surface area contributed by atoms with Gasteiger partial charge in [-0.05, 0) is 74.6 Å². The van der Waals surface area contributed by atoms with Crippen LogP contribution in [-0.2, 0) is 10.0 Å². The van der Waals surface area contributed by atoms with Crippen LogP contribution in [0.4, 0.5) is 5.13 Å². The van der Waals surface area contributed by atoms with Gasteiger partial charge >= 0.3 is 0 Å². The maximum atomic E-state index is 12.9. The highest BCUT2D eigenvalue weighted by Gasteiger charge is 2.23. The van der Waals surface area contributed by atoms with Crippen molar-refractivity contribution in [2.24, 2.45) is 0 Å². The smallest absolute Gasteiger partial charge is 0.255 e. The summed E-state index contributed by atoms with van der Waals surface area (Å²) >= 11 is 1.35. The van der Waals surface area contributed by atoms with Crippen LogP contribution < -0.4 is 4.72 Å². The highest BCUT2D eigenvalue weighted by molar-refractivity contribution is 7.93. The molecule has 1 aromatic heterocycles. The van der Waals surface area contributed by atoms with Crippen LogP contribution >= 0.6 is 11.3 Å². The lowest BCUT2D eigenvalue weighted by molar-refractivity contribution is 0.599. The summed E-state index contributed by atoms with van der Waals surface area (Å²) in [6.45, 7) is 9.56. The van der Waals surface area contributed by atoms with Gasteiger partial charge in [-0.2, -0.15) is 0 Å². The molecule has 1 heterocycles. The molecule has 0 saturated carbocycles. The topological polar surface area (TPSA) is 59.1 Å². The molecule has 0 aliphatic carbocycles. The fourth-order valence-electron chi connectivity index (χ4n) is 2.83. The Morgan fingerprint density at radius 3 is 2.21 bits per heavy atom. The van der Waals surface area contributed by atoms with Gasteiger partial charge in [0.15, 0.2) is 5.13 Å². The van der Waals surface area contributed by atoms with Gasteiger partial charge in [0.05, 0.1) is 15.1 Å². The van der Waals surface area contributed by atoms with Gasteiger partial charge in [0.2, 0.25) is 0 Å². The van der Waals surface area contributed by atoms with Gasteiger partial charge in [-0.1, -0.05) is 23.5 Å². The van der Waals surface area contributed by atoms with Crippen LogP contribution in [0, 0.1) is 34.6 Å². The lowest BCUT2D eigenvalue weighted by atomic mass is 10.0. The normalized spacial score (nSPS) is 11.9. The van der Waals surface area contributed by atoms with E-state index in [0.29, 0.717) is 10.0 Å². The van der Waals surface area contributed by atoms with Crippen LogP contribution in [0.5, 0.6) is 0 Å². The summed E-state index contributed by atoms with van der Waals surface area (Å²) in [7, 11) is -3.68. The number of fused-ring (bicyclic) bond motifs is 1. The Morgan fingerprint density at radius 2 is 1.58 bits per heavy atom. The van der Waals surface area contributed by atoms with E-state index in [9.17, 15) is 8.42 Å². The van der Waals surface area contributed by atoms with E-state index in [1.54, 1.807) is 0 Å². The van der Waals surface area contributed by atoms with Crippen LogP contribution in [0.25, 0.3) is 10.2 Å². The van der Waals surface area contributed by atoms with Gasteiger partial charge in [0.25, 0.3) is 10.0 Å². The molecule has 2 aromatic carbocycles. The Morgan fingerprint density at radius 1 is 0.958 bits per heavy atom. The van der Waals surface area contributed by atoms with Crippen LogP contribution in [0.3, 0.4) is 0 Å². The van der Waals surface area contributed by atoms with Gasteiger partial charge in [-0.3, -0.25) is 4.72 Å². The average Bonchev–Trinajstić information content (AvgIpc) is 2.85. The zero-order chi connectivity index (χ0) is 17.6. The summed E-state index contributed by atoms with van der Waals surface area (Å²) in [6.07, 6.45) is 0. The molecule has 0 amide bonds. The van der Waals surface area contributed by atoms with E-state index < -0.39 is 10.0 Å².